The number of hydrogen-bond acceptors (Lipinski definition) is 8. The molecule has 3 heterocycles. The second kappa shape index (κ2) is 7.70. The monoisotopic (exact) mass is 403 g/mol. The third kappa shape index (κ3) is 4.29. The molecule has 0 saturated carbocycles. The van der Waals surface area contributed by atoms with Gasteiger partial charge >= 0.3 is 6.09 Å². The normalized spacial score (nSPS) is 42.4. The van der Waals surface area contributed by atoms with E-state index in [1.165, 1.54) is 7.11 Å². The summed E-state index contributed by atoms with van der Waals surface area (Å²) in [5.41, 5.74) is -0.594. The number of carbonyl (C=O) groups is 1. The first kappa shape index (κ1) is 21.7. The first-order valence-corrected chi connectivity index (χ1v) is 9.67. The van der Waals surface area contributed by atoms with Crippen LogP contribution in [0.2, 0.25) is 0 Å². The third-order valence-electron chi connectivity index (χ3n) is 5.19. The SMILES string of the molecule is CO[C@H]1O[C@H]([C@H]2O[C@@H](OC)[C@@H]3OC(C)(C)O[C@H]23)[C@@H](C)[C@@H]1NC(=O)OC(C)(C)C. The van der Waals surface area contributed by atoms with Crippen LogP contribution in [-0.4, -0.2) is 74.7 Å². The van der Waals surface area contributed by atoms with Crippen LogP contribution in [0.5, 0.6) is 0 Å². The van der Waals surface area contributed by atoms with Crippen LogP contribution in [0.25, 0.3) is 0 Å². The Morgan fingerprint density at radius 2 is 1.50 bits per heavy atom. The molecule has 162 valence electrons. The zero-order chi connectivity index (χ0) is 20.9. The van der Waals surface area contributed by atoms with Crippen LogP contribution in [0.4, 0.5) is 4.79 Å². The molecule has 0 aromatic rings. The number of rotatable bonds is 4. The Hall–Kier alpha value is -0.970. The van der Waals surface area contributed by atoms with Crippen LogP contribution in [0, 0.1) is 5.92 Å². The van der Waals surface area contributed by atoms with Crippen LogP contribution < -0.4 is 5.32 Å². The van der Waals surface area contributed by atoms with Crippen molar-refractivity contribution >= 4 is 6.09 Å². The first-order valence-electron chi connectivity index (χ1n) is 9.67. The molecular weight excluding hydrogens is 370 g/mol. The third-order valence-corrected chi connectivity index (χ3v) is 5.19. The smallest absolute Gasteiger partial charge is 0.408 e. The highest BCUT2D eigenvalue weighted by atomic mass is 16.8. The Morgan fingerprint density at radius 3 is 2.07 bits per heavy atom. The van der Waals surface area contributed by atoms with E-state index in [1.54, 1.807) is 7.11 Å². The number of carbonyl (C=O) groups excluding carboxylic acids is 1. The van der Waals surface area contributed by atoms with E-state index in [1.807, 2.05) is 41.5 Å². The molecule has 3 aliphatic rings. The lowest BCUT2D eigenvalue weighted by atomic mass is 9.92. The number of hydrogen-bond donors (Lipinski definition) is 1. The molecule has 0 aromatic carbocycles. The van der Waals surface area contributed by atoms with Crippen molar-refractivity contribution in [3.05, 3.63) is 0 Å². The molecular formula is C19H33NO8. The summed E-state index contributed by atoms with van der Waals surface area (Å²) in [6.07, 6.45) is -3.19. The Labute approximate surface area is 166 Å². The van der Waals surface area contributed by atoms with E-state index in [0.717, 1.165) is 0 Å². The van der Waals surface area contributed by atoms with Crippen molar-refractivity contribution in [2.24, 2.45) is 5.92 Å². The molecule has 0 aliphatic carbocycles. The molecule has 0 spiro atoms. The molecule has 1 N–H and O–H groups in total. The molecule has 1 amide bonds. The zero-order valence-electron chi connectivity index (χ0n) is 17.9. The number of methoxy groups -OCH3 is 2. The number of amides is 1. The molecule has 0 aromatic heterocycles. The van der Waals surface area contributed by atoms with Gasteiger partial charge in [0.05, 0.1) is 12.1 Å². The lowest BCUT2D eigenvalue weighted by Gasteiger charge is -2.28. The maximum absolute atomic E-state index is 12.3. The van der Waals surface area contributed by atoms with Crippen LogP contribution in [0.15, 0.2) is 0 Å². The van der Waals surface area contributed by atoms with Crippen molar-refractivity contribution < 1.29 is 38.0 Å². The van der Waals surface area contributed by atoms with E-state index in [2.05, 4.69) is 5.32 Å². The summed E-state index contributed by atoms with van der Waals surface area (Å²) in [5, 5.41) is 2.87. The van der Waals surface area contributed by atoms with Crippen molar-refractivity contribution in [2.75, 3.05) is 14.2 Å². The van der Waals surface area contributed by atoms with Crippen molar-refractivity contribution in [3.63, 3.8) is 0 Å². The van der Waals surface area contributed by atoms with E-state index < -0.39 is 42.2 Å². The van der Waals surface area contributed by atoms with Gasteiger partial charge in [0.15, 0.2) is 18.4 Å². The maximum Gasteiger partial charge on any atom is 0.408 e. The number of fused-ring (bicyclic) bond motifs is 1. The van der Waals surface area contributed by atoms with Gasteiger partial charge in [0.2, 0.25) is 0 Å². The minimum absolute atomic E-state index is 0.119. The standard InChI is InChI=1S/C19H33NO8/c1-9-10(20-17(21)28-18(2,3)4)15(22-7)24-11(9)12-13-14(16(23-8)25-12)27-19(5,6)26-13/h9-16H,1-8H3,(H,20,21)/t9-,10-,11-,12+,13+,14+,15-,16+/m0/s1. The number of ether oxygens (including phenoxy) is 7. The molecule has 3 rings (SSSR count). The summed E-state index contributed by atoms with van der Waals surface area (Å²) in [6, 6.07) is -0.399. The highest BCUT2D eigenvalue weighted by Gasteiger charge is 2.61. The lowest BCUT2D eigenvalue weighted by molar-refractivity contribution is -0.246. The van der Waals surface area contributed by atoms with Gasteiger partial charge in [0.1, 0.15) is 23.9 Å². The summed E-state index contributed by atoms with van der Waals surface area (Å²) in [4.78, 5) is 12.3. The predicted molar refractivity (Wildman–Crippen MR) is 97.5 cm³/mol. The van der Waals surface area contributed by atoms with Gasteiger partial charge in [-0.05, 0) is 34.6 Å². The van der Waals surface area contributed by atoms with Gasteiger partial charge in [-0.2, -0.15) is 0 Å². The Kier molecular flexibility index (Phi) is 5.97. The van der Waals surface area contributed by atoms with Gasteiger partial charge in [-0.25, -0.2) is 4.79 Å². The minimum atomic E-state index is -0.731. The topological polar surface area (TPSA) is 93.7 Å². The highest BCUT2D eigenvalue weighted by molar-refractivity contribution is 5.68. The van der Waals surface area contributed by atoms with Gasteiger partial charge < -0.3 is 38.5 Å². The second-order valence-corrected chi connectivity index (χ2v) is 9.01. The maximum atomic E-state index is 12.3. The summed E-state index contributed by atoms with van der Waals surface area (Å²) in [6.45, 7) is 11.1. The fourth-order valence-corrected chi connectivity index (χ4v) is 4.08. The summed E-state index contributed by atoms with van der Waals surface area (Å²) >= 11 is 0. The molecule has 8 atom stereocenters. The summed E-state index contributed by atoms with van der Waals surface area (Å²) < 4.78 is 40.5. The van der Waals surface area contributed by atoms with Gasteiger partial charge in [0, 0.05) is 20.1 Å². The molecule has 28 heavy (non-hydrogen) atoms. The van der Waals surface area contributed by atoms with Gasteiger partial charge in [-0.15, -0.1) is 0 Å². The van der Waals surface area contributed by atoms with Crippen molar-refractivity contribution in [1.29, 1.82) is 0 Å². The first-order chi connectivity index (χ1) is 13.0. The molecule has 3 fully saturated rings. The van der Waals surface area contributed by atoms with Crippen molar-refractivity contribution in [2.45, 2.75) is 96.0 Å². The lowest BCUT2D eigenvalue weighted by Crippen LogP contribution is -2.48. The van der Waals surface area contributed by atoms with Gasteiger partial charge in [-0.3, -0.25) is 0 Å². The minimum Gasteiger partial charge on any atom is -0.444 e. The van der Waals surface area contributed by atoms with Gasteiger partial charge in [-0.1, -0.05) is 6.92 Å². The largest absolute Gasteiger partial charge is 0.444 e. The van der Waals surface area contributed by atoms with E-state index in [-0.39, 0.29) is 24.2 Å². The van der Waals surface area contributed by atoms with E-state index in [0.29, 0.717) is 0 Å². The molecule has 3 aliphatic heterocycles. The Balaban J connectivity index is 1.73. The van der Waals surface area contributed by atoms with Crippen LogP contribution in [0.1, 0.15) is 41.5 Å². The number of alkyl carbamates (subject to hydrolysis) is 1. The van der Waals surface area contributed by atoms with Crippen LogP contribution >= 0.6 is 0 Å². The van der Waals surface area contributed by atoms with Crippen molar-refractivity contribution in [1.82, 2.24) is 5.32 Å². The number of nitrogens with one attached hydrogen (secondary N) is 1. The Bertz CT molecular complexity index is 577. The molecule has 0 radical (unpaired) electrons. The van der Waals surface area contributed by atoms with Crippen LogP contribution in [-0.2, 0) is 33.2 Å². The molecule has 9 nitrogen and oxygen atoms in total. The highest BCUT2D eigenvalue weighted by Crippen LogP contribution is 2.44. The van der Waals surface area contributed by atoms with E-state index >= 15 is 0 Å². The summed E-state index contributed by atoms with van der Waals surface area (Å²) in [5.74, 6) is -0.851. The average Bonchev–Trinajstić information content (AvgIpc) is 3.15. The Morgan fingerprint density at radius 1 is 0.929 bits per heavy atom. The fraction of sp³-hybridized carbons (Fsp3) is 0.947. The zero-order valence-corrected chi connectivity index (χ0v) is 17.9. The van der Waals surface area contributed by atoms with Gasteiger partial charge in [0.25, 0.3) is 0 Å². The van der Waals surface area contributed by atoms with E-state index in [4.69, 9.17) is 33.2 Å². The fourth-order valence-electron chi connectivity index (χ4n) is 4.08. The van der Waals surface area contributed by atoms with E-state index in [9.17, 15) is 4.79 Å². The van der Waals surface area contributed by atoms with Crippen molar-refractivity contribution in [3.8, 4) is 0 Å². The quantitative estimate of drug-likeness (QED) is 0.759. The molecule has 0 unspecified atom stereocenters. The predicted octanol–water partition coefficient (Wildman–Crippen LogP) is 1.78. The molecule has 9 heteroatoms. The molecule has 0 bridgehead atoms. The van der Waals surface area contributed by atoms with Crippen LogP contribution in [0.3, 0.4) is 0 Å². The second-order valence-electron chi connectivity index (χ2n) is 9.01. The summed E-state index contributed by atoms with van der Waals surface area (Å²) in [7, 11) is 3.11. The molecule has 3 saturated heterocycles. The average molecular weight is 403 g/mol.